The average Bonchev–Trinajstić information content (AvgIpc) is 2.47. The van der Waals surface area contributed by atoms with E-state index in [0.29, 0.717) is 19.5 Å². The zero-order chi connectivity index (χ0) is 15.2. The second kappa shape index (κ2) is 13.0. The first-order valence-corrected chi connectivity index (χ1v) is 8.41. The van der Waals surface area contributed by atoms with Crippen molar-refractivity contribution in [3.05, 3.63) is 0 Å². The maximum absolute atomic E-state index is 11.6. The molecule has 0 spiro atoms. The molecule has 0 radical (unpaired) electrons. The third-order valence-electron chi connectivity index (χ3n) is 3.65. The van der Waals surface area contributed by atoms with Gasteiger partial charge in [-0.05, 0) is 64.7 Å². The van der Waals surface area contributed by atoms with Gasteiger partial charge in [0, 0.05) is 26.1 Å². The van der Waals surface area contributed by atoms with Gasteiger partial charge in [-0.1, -0.05) is 0 Å². The third-order valence-corrected chi connectivity index (χ3v) is 3.65. The maximum atomic E-state index is 11.6. The molecule has 0 bridgehead atoms. The summed E-state index contributed by atoms with van der Waals surface area (Å²) < 4.78 is 0. The van der Waals surface area contributed by atoms with E-state index in [2.05, 4.69) is 16.0 Å². The molecular weight excluding hydrogens is 268 g/mol. The minimum absolute atomic E-state index is 0.126. The van der Waals surface area contributed by atoms with Crippen molar-refractivity contribution in [2.75, 3.05) is 45.8 Å². The van der Waals surface area contributed by atoms with Crippen LogP contribution in [0.4, 0.5) is 0 Å². The highest BCUT2D eigenvalue weighted by Crippen LogP contribution is 1.98. The van der Waals surface area contributed by atoms with Gasteiger partial charge < -0.3 is 21.2 Å². The van der Waals surface area contributed by atoms with Gasteiger partial charge in [-0.2, -0.15) is 5.06 Å². The Morgan fingerprint density at radius 2 is 1.38 bits per heavy atom. The largest absolute Gasteiger partial charge is 0.356 e. The first-order chi connectivity index (χ1) is 10.3. The second-order valence-electron chi connectivity index (χ2n) is 5.67. The van der Waals surface area contributed by atoms with E-state index < -0.39 is 0 Å². The maximum Gasteiger partial charge on any atom is 0.219 e. The van der Waals surface area contributed by atoms with Crippen LogP contribution >= 0.6 is 0 Å². The van der Waals surface area contributed by atoms with Crippen molar-refractivity contribution in [1.82, 2.24) is 21.0 Å². The van der Waals surface area contributed by atoms with Crippen LogP contribution in [-0.2, 0) is 4.79 Å². The van der Waals surface area contributed by atoms with E-state index in [1.165, 1.54) is 17.9 Å². The van der Waals surface area contributed by atoms with Gasteiger partial charge in [0.1, 0.15) is 0 Å². The third kappa shape index (κ3) is 11.6. The lowest BCUT2D eigenvalue weighted by Crippen LogP contribution is -2.27. The van der Waals surface area contributed by atoms with E-state index >= 15 is 0 Å². The Balaban J connectivity index is 2.18. The monoisotopic (exact) mass is 300 g/mol. The summed E-state index contributed by atoms with van der Waals surface area (Å²) in [5, 5.41) is 20.8. The summed E-state index contributed by atoms with van der Waals surface area (Å²) >= 11 is 0. The first kappa shape index (κ1) is 18.4. The highest BCUT2D eigenvalue weighted by molar-refractivity contribution is 5.75. The van der Waals surface area contributed by atoms with E-state index in [4.69, 9.17) is 0 Å². The van der Waals surface area contributed by atoms with Crippen molar-refractivity contribution in [2.45, 2.75) is 44.9 Å². The minimum Gasteiger partial charge on any atom is -0.356 e. The molecule has 1 rings (SSSR count). The molecule has 0 aromatic heterocycles. The van der Waals surface area contributed by atoms with Crippen LogP contribution < -0.4 is 16.0 Å². The fraction of sp³-hybridized carbons (Fsp3) is 0.933. The van der Waals surface area contributed by atoms with E-state index in [1.54, 1.807) is 0 Å². The standard InChI is InChI=1S/C15H32N4O2/c20-15-7-1-4-13-19(21)14-6-11-17-9-3-2-8-16-10-5-12-18-15/h16-17,21H,1-14H2,(H,18,20). The topological polar surface area (TPSA) is 76.6 Å². The number of nitrogens with zero attached hydrogens (tertiary/aromatic N) is 1. The first-order valence-electron chi connectivity index (χ1n) is 8.41. The summed E-state index contributed by atoms with van der Waals surface area (Å²) in [5.74, 6) is 0.126. The Kier molecular flexibility index (Phi) is 11.4. The lowest BCUT2D eigenvalue weighted by molar-refractivity contribution is -0.121. The van der Waals surface area contributed by atoms with Gasteiger partial charge >= 0.3 is 0 Å². The molecule has 0 atom stereocenters. The number of amides is 1. The zero-order valence-corrected chi connectivity index (χ0v) is 13.2. The van der Waals surface area contributed by atoms with Crippen LogP contribution in [0.5, 0.6) is 0 Å². The van der Waals surface area contributed by atoms with Crippen LogP contribution in [0.2, 0.25) is 0 Å². The molecule has 6 nitrogen and oxygen atoms in total. The quantitative estimate of drug-likeness (QED) is 0.530. The number of hydrogen-bond acceptors (Lipinski definition) is 5. The summed E-state index contributed by atoms with van der Waals surface area (Å²) in [6.07, 6.45) is 6.53. The molecule has 0 aliphatic carbocycles. The van der Waals surface area contributed by atoms with Crippen molar-refractivity contribution in [3.63, 3.8) is 0 Å². The number of carbonyl (C=O) groups excluding carboxylic acids is 1. The van der Waals surface area contributed by atoms with E-state index in [1.807, 2.05) is 0 Å². The second-order valence-corrected chi connectivity index (χ2v) is 5.67. The Morgan fingerprint density at radius 3 is 2.14 bits per heavy atom. The van der Waals surface area contributed by atoms with Gasteiger partial charge in [0.05, 0.1) is 0 Å². The van der Waals surface area contributed by atoms with Crippen LogP contribution in [0.25, 0.3) is 0 Å². The molecule has 1 amide bonds. The molecule has 1 saturated heterocycles. The van der Waals surface area contributed by atoms with Crippen LogP contribution in [0, 0.1) is 0 Å². The average molecular weight is 300 g/mol. The van der Waals surface area contributed by atoms with E-state index in [-0.39, 0.29) is 5.91 Å². The molecule has 0 unspecified atom stereocenters. The SMILES string of the molecule is O=C1CCCCN(O)CCCNCCCCNCCCN1. The van der Waals surface area contributed by atoms with E-state index in [0.717, 1.165) is 58.4 Å². The van der Waals surface area contributed by atoms with Crippen molar-refractivity contribution >= 4 is 5.91 Å². The summed E-state index contributed by atoms with van der Waals surface area (Å²) in [6, 6.07) is 0. The number of nitrogens with one attached hydrogen (secondary N) is 3. The smallest absolute Gasteiger partial charge is 0.219 e. The summed E-state index contributed by atoms with van der Waals surface area (Å²) in [5.41, 5.74) is 0. The lowest BCUT2D eigenvalue weighted by Gasteiger charge is -2.14. The molecule has 0 saturated carbocycles. The van der Waals surface area contributed by atoms with Crippen molar-refractivity contribution in [2.24, 2.45) is 0 Å². The fourth-order valence-electron chi connectivity index (χ4n) is 2.36. The molecule has 0 aromatic rings. The van der Waals surface area contributed by atoms with Crippen LogP contribution in [-0.4, -0.2) is 62.0 Å². The molecule has 1 heterocycles. The van der Waals surface area contributed by atoms with Gasteiger partial charge in [-0.25, -0.2) is 0 Å². The number of rotatable bonds is 0. The highest BCUT2D eigenvalue weighted by Gasteiger charge is 2.03. The normalized spacial score (nSPS) is 23.6. The van der Waals surface area contributed by atoms with Crippen LogP contribution in [0.3, 0.4) is 0 Å². The number of hydroxylamine groups is 2. The van der Waals surface area contributed by atoms with Gasteiger partial charge in [-0.3, -0.25) is 4.79 Å². The van der Waals surface area contributed by atoms with Gasteiger partial charge in [0.25, 0.3) is 0 Å². The summed E-state index contributed by atoms with van der Waals surface area (Å²) in [6.45, 7) is 6.10. The molecule has 0 aromatic carbocycles. The molecule has 6 heteroatoms. The Morgan fingerprint density at radius 1 is 0.762 bits per heavy atom. The number of carbonyl (C=O) groups is 1. The number of hydrogen-bond donors (Lipinski definition) is 4. The van der Waals surface area contributed by atoms with Crippen LogP contribution in [0.15, 0.2) is 0 Å². The Hall–Kier alpha value is -0.690. The zero-order valence-electron chi connectivity index (χ0n) is 13.2. The predicted octanol–water partition coefficient (Wildman–Crippen LogP) is 0.717. The van der Waals surface area contributed by atoms with Crippen molar-refractivity contribution < 1.29 is 10.0 Å². The molecule has 4 N–H and O–H groups in total. The molecule has 1 aliphatic heterocycles. The molecule has 1 fully saturated rings. The Labute approximate surface area is 128 Å². The van der Waals surface area contributed by atoms with Crippen LogP contribution in [0.1, 0.15) is 44.9 Å². The Bertz CT molecular complexity index is 264. The summed E-state index contributed by atoms with van der Waals surface area (Å²) in [7, 11) is 0. The predicted molar refractivity (Wildman–Crippen MR) is 84.4 cm³/mol. The molecule has 1 aliphatic rings. The van der Waals surface area contributed by atoms with Crippen molar-refractivity contribution in [1.29, 1.82) is 0 Å². The lowest BCUT2D eigenvalue weighted by atomic mass is 10.2. The highest BCUT2D eigenvalue weighted by atomic mass is 16.5. The molecular formula is C15H32N4O2. The van der Waals surface area contributed by atoms with Gasteiger partial charge in [0.2, 0.25) is 5.91 Å². The molecule has 21 heavy (non-hydrogen) atoms. The fourth-order valence-corrected chi connectivity index (χ4v) is 2.36. The van der Waals surface area contributed by atoms with Gasteiger partial charge in [-0.15, -0.1) is 0 Å². The van der Waals surface area contributed by atoms with E-state index in [9.17, 15) is 10.0 Å². The minimum atomic E-state index is 0.126. The summed E-state index contributed by atoms with van der Waals surface area (Å²) in [4.78, 5) is 11.6. The van der Waals surface area contributed by atoms with Crippen molar-refractivity contribution in [3.8, 4) is 0 Å². The molecule has 124 valence electrons. The van der Waals surface area contributed by atoms with Gasteiger partial charge in [0.15, 0.2) is 0 Å².